The zero-order valence-electron chi connectivity index (χ0n) is 11.0. The van der Waals surface area contributed by atoms with E-state index in [4.69, 9.17) is 4.74 Å². The van der Waals surface area contributed by atoms with Crippen molar-refractivity contribution in [3.05, 3.63) is 63.9 Å². The molecule has 0 saturated heterocycles. The van der Waals surface area contributed by atoms with E-state index in [1.54, 1.807) is 30.3 Å². The summed E-state index contributed by atoms with van der Waals surface area (Å²) in [6, 6.07) is 11.3. The largest absolute Gasteiger partial charge is 0.494 e. The van der Waals surface area contributed by atoms with E-state index < -0.39 is 0 Å². The van der Waals surface area contributed by atoms with Crippen LogP contribution in [0, 0.1) is 5.82 Å². The van der Waals surface area contributed by atoms with Crippen molar-refractivity contribution < 1.29 is 13.9 Å². The third-order valence-electron chi connectivity index (χ3n) is 2.81. The molecule has 0 saturated carbocycles. The Hall–Kier alpha value is -1.68. The Morgan fingerprint density at radius 3 is 2.70 bits per heavy atom. The molecule has 0 aliphatic heterocycles. The Morgan fingerprint density at radius 1 is 1.25 bits per heavy atom. The van der Waals surface area contributed by atoms with Gasteiger partial charge in [-0.1, -0.05) is 12.1 Å². The molecule has 0 fully saturated rings. The first-order valence-electron chi connectivity index (χ1n) is 6.30. The number of ketones is 1. The van der Waals surface area contributed by atoms with Crippen LogP contribution in [0.2, 0.25) is 0 Å². The van der Waals surface area contributed by atoms with Crippen LogP contribution in [-0.2, 0) is 6.42 Å². The lowest BCUT2D eigenvalue weighted by atomic mass is 10.0. The lowest BCUT2D eigenvalue weighted by molar-refractivity contribution is 0.0992. The van der Waals surface area contributed by atoms with E-state index in [1.165, 1.54) is 12.1 Å². The van der Waals surface area contributed by atoms with Crippen molar-refractivity contribution in [2.24, 2.45) is 0 Å². The lowest BCUT2D eigenvalue weighted by Crippen LogP contribution is -2.05. The SMILES string of the molecule is CCOc1ccc(C(=O)Cc2cccc(F)c2)c(Br)c1. The standard InChI is InChI=1S/C16H14BrFO2/c1-2-20-13-6-7-14(15(17)10-13)16(19)9-11-4-3-5-12(18)8-11/h3-8,10H,2,9H2,1H3. The fourth-order valence-corrected chi connectivity index (χ4v) is 2.48. The van der Waals surface area contributed by atoms with Crippen LogP contribution in [0.5, 0.6) is 5.75 Å². The van der Waals surface area contributed by atoms with E-state index >= 15 is 0 Å². The van der Waals surface area contributed by atoms with Gasteiger partial charge in [0.2, 0.25) is 0 Å². The van der Waals surface area contributed by atoms with E-state index in [-0.39, 0.29) is 18.0 Å². The molecule has 2 rings (SSSR count). The average Bonchev–Trinajstić information content (AvgIpc) is 2.39. The number of hydrogen-bond acceptors (Lipinski definition) is 2. The molecule has 0 radical (unpaired) electrons. The maximum Gasteiger partial charge on any atom is 0.168 e. The van der Waals surface area contributed by atoms with Gasteiger partial charge in [-0.15, -0.1) is 0 Å². The van der Waals surface area contributed by atoms with Gasteiger partial charge >= 0.3 is 0 Å². The molecule has 0 aliphatic rings. The molecular weight excluding hydrogens is 323 g/mol. The highest BCUT2D eigenvalue weighted by molar-refractivity contribution is 9.10. The van der Waals surface area contributed by atoms with Gasteiger partial charge in [0.15, 0.2) is 5.78 Å². The van der Waals surface area contributed by atoms with Gasteiger partial charge in [0.25, 0.3) is 0 Å². The van der Waals surface area contributed by atoms with Gasteiger partial charge in [0.05, 0.1) is 6.61 Å². The summed E-state index contributed by atoms with van der Waals surface area (Å²) in [5, 5.41) is 0. The molecule has 0 aliphatic carbocycles. The number of ether oxygens (including phenoxy) is 1. The van der Waals surface area contributed by atoms with E-state index in [1.807, 2.05) is 6.92 Å². The Bertz CT molecular complexity index is 626. The average molecular weight is 337 g/mol. The van der Waals surface area contributed by atoms with E-state index in [9.17, 15) is 9.18 Å². The fourth-order valence-electron chi connectivity index (χ4n) is 1.91. The number of carbonyl (C=O) groups is 1. The Labute approximate surface area is 125 Å². The van der Waals surface area contributed by atoms with Crippen molar-refractivity contribution in [1.29, 1.82) is 0 Å². The summed E-state index contributed by atoms with van der Waals surface area (Å²) in [5.41, 5.74) is 1.23. The molecule has 0 heterocycles. The summed E-state index contributed by atoms with van der Waals surface area (Å²) < 4.78 is 19.1. The summed E-state index contributed by atoms with van der Waals surface area (Å²) in [6.45, 7) is 2.47. The quantitative estimate of drug-likeness (QED) is 0.756. The number of rotatable bonds is 5. The maximum atomic E-state index is 13.1. The summed E-state index contributed by atoms with van der Waals surface area (Å²) >= 11 is 3.37. The smallest absolute Gasteiger partial charge is 0.168 e. The Balaban J connectivity index is 2.17. The fraction of sp³-hybridized carbons (Fsp3) is 0.188. The number of carbonyl (C=O) groups excluding carboxylic acids is 1. The highest BCUT2D eigenvalue weighted by atomic mass is 79.9. The Kier molecular flexibility index (Phi) is 4.90. The minimum atomic E-state index is -0.332. The first-order chi connectivity index (χ1) is 9.60. The second-order valence-electron chi connectivity index (χ2n) is 4.30. The predicted molar refractivity (Wildman–Crippen MR) is 79.7 cm³/mol. The second-order valence-corrected chi connectivity index (χ2v) is 5.16. The van der Waals surface area contributed by atoms with Crippen LogP contribution in [0.4, 0.5) is 4.39 Å². The van der Waals surface area contributed by atoms with Crippen LogP contribution in [0.15, 0.2) is 46.9 Å². The van der Waals surface area contributed by atoms with Crippen molar-refractivity contribution in [2.75, 3.05) is 6.61 Å². The Morgan fingerprint density at radius 2 is 2.05 bits per heavy atom. The van der Waals surface area contributed by atoms with Gasteiger partial charge in [-0.2, -0.15) is 0 Å². The molecule has 20 heavy (non-hydrogen) atoms. The first kappa shape index (κ1) is 14.7. The lowest BCUT2D eigenvalue weighted by Gasteiger charge is -2.07. The first-order valence-corrected chi connectivity index (χ1v) is 7.09. The molecule has 0 aromatic heterocycles. The highest BCUT2D eigenvalue weighted by Gasteiger charge is 2.12. The van der Waals surface area contributed by atoms with E-state index in [0.29, 0.717) is 28.0 Å². The van der Waals surface area contributed by atoms with Crippen molar-refractivity contribution in [2.45, 2.75) is 13.3 Å². The predicted octanol–water partition coefficient (Wildman–Crippen LogP) is 4.41. The molecule has 0 bridgehead atoms. The number of Topliss-reactive ketones (excluding diaryl/α,β-unsaturated/α-hetero) is 1. The zero-order valence-corrected chi connectivity index (χ0v) is 12.6. The van der Waals surface area contributed by atoms with E-state index in [2.05, 4.69) is 15.9 Å². The molecule has 4 heteroatoms. The van der Waals surface area contributed by atoms with Crippen LogP contribution in [0.25, 0.3) is 0 Å². The van der Waals surface area contributed by atoms with Gasteiger partial charge < -0.3 is 4.74 Å². The summed E-state index contributed by atoms with van der Waals surface area (Å²) in [4.78, 5) is 12.2. The van der Waals surface area contributed by atoms with Gasteiger partial charge in [-0.05, 0) is 58.7 Å². The van der Waals surface area contributed by atoms with Crippen LogP contribution < -0.4 is 4.74 Å². The van der Waals surface area contributed by atoms with Crippen LogP contribution in [0.3, 0.4) is 0 Å². The van der Waals surface area contributed by atoms with Crippen LogP contribution in [-0.4, -0.2) is 12.4 Å². The van der Waals surface area contributed by atoms with Gasteiger partial charge in [-0.3, -0.25) is 4.79 Å². The number of halogens is 2. The zero-order chi connectivity index (χ0) is 14.5. The highest BCUT2D eigenvalue weighted by Crippen LogP contribution is 2.24. The molecule has 2 aromatic rings. The topological polar surface area (TPSA) is 26.3 Å². The normalized spacial score (nSPS) is 10.3. The molecule has 2 aromatic carbocycles. The van der Waals surface area contributed by atoms with Crippen molar-refractivity contribution in [1.82, 2.24) is 0 Å². The van der Waals surface area contributed by atoms with Gasteiger partial charge in [-0.25, -0.2) is 4.39 Å². The number of benzene rings is 2. The monoisotopic (exact) mass is 336 g/mol. The number of hydrogen-bond donors (Lipinski definition) is 0. The third kappa shape index (κ3) is 3.67. The minimum absolute atomic E-state index is 0.0643. The summed E-state index contributed by atoms with van der Waals surface area (Å²) in [7, 11) is 0. The van der Waals surface area contributed by atoms with Crippen LogP contribution in [0.1, 0.15) is 22.8 Å². The van der Waals surface area contributed by atoms with Crippen molar-refractivity contribution >= 4 is 21.7 Å². The van der Waals surface area contributed by atoms with Crippen molar-refractivity contribution in [3.8, 4) is 5.75 Å². The van der Waals surface area contributed by atoms with Crippen LogP contribution >= 0.6 is 15.9 Å². The molecule has 0 amide bonds. The summed E-state index contributed by atoms with van der Waals surface area (Å²) in [5.74, 6) is 0.313. The molecule has 2 nitrogen and oxygen atoms in total. The maximum absolute atomic E-state index is 13.1. The molecular formula is C16H14BrFO2. The summed E-state index contributed by atoms with van der Waals surface area (Å²) in [6.07, 6.45) is 0.171. The molecule has 0 spiro atoms. The van der Waals surface area contributed by atoms with Gasteiger partial charge in [0.1, 0.15) is 11.6 Å². The van der Waals surface area contributed by atoms with Gasteiger partial charge in [0, 0.05) is 16.5 Å². The second kappa shape index (κ2) is 6.66. The third-order valence-corrected chi connectivity index (χ3v) is 3.46. The molecule has 104 valence electrons. The minimum Gasteiger partial charge on any atom is -0.494 e. The van der Waals surface area contributed by atoms with Crippen molar-refractivity contribution in [3.63, 3.8) is 0 Å². The van der Waals surface area contributed by atoms with E-state index in [0.717, 1.165) is 0 Å². The molecule has 0 atom stereocenters. The molecule has 0 unspecified atom stereocenters. The molecule has 0 N–H and O–H groups in total.